The summed E-state index contributed by atoms with van der Waals surface area (Å²) in [5.41, 5.74) is 8.76. The fraction of sp³-hybridized carbons (Fsp3) is 0.400. The summed E-state index contributed by atoms with van der Waals surface area (Å²) in [5.74, 6) is 0. The first-order chi connectivity index (χ1) is 8.30. The lowest BCUT2D eigenvalue weighted by Crippen LogP contribution is -2.38. The van der Waals surface area contributed by atoms with Gasteiger partial charge in [0.25, 0.3) is 0 Å². The van der Waals surface area contributed by atoms with Crippen molar-refractivity contribution in [3.05, 3.63) is 42.1 Å². The van der Waals surface area contributed by atoms with Crippen molar-refractivity contribution in [2.45, 2.75) is 37.6 Å². The molecule has 88 valence electrons. The molecule has 3 rings (SSSR count). The number of nitrogens with zero attached hydrogens (tertiary/aromatic N) is 1. The predicted octanol–water partition coefficient (Wildman–Crippen LogP) is 3.35. The van der Waals surface area contributed by atoms with Crippen LogP contribution < -0.4 is 5.73 Å². The zero-order valence-corrected chi connectivity index (χ0v) is 10.0. The number of pyridine rings is 1. The Kier molecular flexibility index (Phi) is 2.60. The van der Waals surface area contributed by atoms with E-state index < -0.39 is 0 Å². The summed E-state index contributed by atoms with van der Waals surface area (Å²) in [5, 5.41) is 1.19. The number of hydrogen-bond donors (Lipinski definition) is 1. The van der Waals surface area contributed by atoms with Crippen LogP contribution in [0, 0.1) is 0 Å². The minimum atomic E-state index is -0.161. The van der Waals surface area contributed by atoms with Gasteiger partial charge >= 0.3 is 0 Å². The predicted molar refractivity (Wildman–Crippen MR) is 70.7 cm³/mol. The van der Waals surface area contributed by atoms with Gasteiger partial charge in [-0.2, -0.15) is 0 Å². The topological polar surface area (TPSA) is 38.9 Å². The molecule has 0 spiro atoms. The Bertz CT molecular complexity index is 522. The number of hydrogen-bond acceptors (Lipinski definition) is 2. The summed E-state index contributed by atoms with van der Waals surface area (Å²) in [6.07, 6.45) is 7.82. The summed E-state index contributed by atoms with van der Waals surface area (Å²) < 4.78 is 0. The third kappa shape index (κ3) is 1.83. The first-order valence-corrected chi connectivity index (χ1v) is 6.43. The largest absolute Gasteiger partial charge is 0.321 e. The molecule has 0 amide bonds. The Hall–Kier alpha value is -1.41. The van der Waals surface area contributed by atoms with Gasteiger partial charge in [-0.15, -0.1) is 0 Å². The zero-order chi connectivity index (χ0) is 11.7. The van der Waals surface area contributed by atoms with Crippen LogP contribution in [0.25, 0.3) is 10.9 Å². The standard InChI is InChI=1S/C15H18N2/c16-15(9-2-1-3-10-15)13-8-4-6-12-7-5-11-17-14(12)13/h4-8,11H,1-3,9-10,16H2. The molecule has 1 aliphatic rings. The average molecular weight is 226 g/mol. The van der Waals surface area contributed by atoms with E-state index in [0.717, 1.165) is 18.4 Å². The minimum absolute atomic E-state index is 0.161. The van der Waals surface area contributed by atoms with Crippen molar-refractivity contribution in [3.8, 4) is 0 Å². The van der Waals surface area contributed by atoms with Crippen LogP contribution in [0.4, 0.5) is 0 Å². The highest BCUT2D eigenvalue weighted by atomic mass is 14.8. The Morgan fingerprint density at radius 2 is 1.76 bits per heavy atom. The summed E-state index contributed by atoms with van der Waals surface area (Å²) in [4.78, 5) is 4.52. The second-order valence-electron chi connectivity index (χ2n) is 5.10. The van der Waals surface area contributed by atoms with Crippen LogP contribution in [0.5, 0.6) is 0 Å². The third-order valence-corrected chi connectivity index (χ3v) is 3.91. The van der Waals surface area contributed by atoms with E-state index in [4.69, 9.17) is 5.73 Å². The lowest BCUT2D eigenvalue weighted by atomic mass is 9.77. The van der Waals surface area contributed by atoms with E-state index in [-0.39, 0.29) is 5.54 Å². The van der Waals surface area contributed by atoms with Gasteiger partial charge in [-0.25, -0.2) is 0 Å². The van der Waals surface area contributed by atoms with Gasteiger partial charge in [0.2, 0.25) is 0 Å². The smallest absolute Gasteiger partial charge is 0.0752 e. The molecule has 2 N–H and O–H groups in total. The summed E-state index contributed by atoms with van der Waals surface area (Å²) >= 11 is 0. The first-order valence-electron chi connectivity index (χ1n) is 6.43. The van der Waals surface area contributed by atoms with Crippen LogP contribution in [-0.2, 0) is 5.54 Å². The van der Waals surface area contributed by atoms with Gasteiger partial charge in [0.15, 0.2) is 0 Å². The molecule has 0 saturated heterocycles. The van der Waals surface area contributed by atoms with E-state index in [2.05, 4.69) is 29.2 Å². The SMILES string of the molecule is NC1(c2cccc3cccnc23)CCCCC1. The first kappa shape index (κ1) is 10.7. The van der Waals surface area contributed by atoms with E-state index in [9.17, 15) is 0 Å². The molecule has 2 heteroatoms. The molecule has 0 bridgehead atoms. The molecule has 1 aromatic heterocycles. The second kappa shape index (κ2) is 4.11. The molecule has 1 aliphatic carbocycles. The molecule has 0 unspecified atom stereocenters. The minimum Gasteiger partial charge on any atom is -0.321 e. The van der Waals surface area contributed by atoms with Gasteiger partial charge < -0.3 is 5.73 Å². The number of para-hydroxylation sites is 1. The number of rotatable bonds is 1. The zero-order valence-electron chi connectivity index (χ0n) is 10.0. The number of benzene rings is 1. The van der Waals surface area contributed by atoms with Crippen molar-refractivity contribution in [3.63, 3.8) is 0 Å². The molecule has 2 nitrogen and oxygen atoms in total. The summed E-state index contributed by atoms with van der Waals surface area (Å²) in [6, 6.07) is 10.5. The molecule has 2 aromatic rings. The van der Waals surface area contributed by atoms with Crippen LogP contribution in [0.1, 0.15) is 37.7 Å². The highest BCUT2D eigenvalue weighted by molar-refractivity contribution is 5.82. The summed E-state index contributed by atoms with van der Waals surface area (Å²) in [6.45, 7) is 0. The maximum atomic E-state index is 6.61. The van der Waals surface area contributed by atoms with Gasteiger partial charge in [0.05, 0.1) is 5.52 Å². The van der Waals surface area contributed by atoms with E-state index in [1.807, 2.05) is 12.3 Å². The van der Waals surface area contributed by atoms with Crippen molar-refractivity contribution in [2.75, 3.05) is 0 Å². The van der Waals surface area contributed by atoms with E-state index >= 15 is 0 Å². The monoisotopic (exact) mass is 226 g/mol. The number of fused-ring (bicyclic) bond motifs is 1. The van der Waals surface area contributed by atoms with E-state index in [0.29, 0.717) is 0 Å². The Morgan fingerprint density at radius 3 is 2.59 bits per heavy atom. The lowest BCUT2D eigenvalue weighted by molar-refractivity contribution is 0.304. The molecule has 1 aromatic carbocycles. The molecule has 1 fully saturated rings. The lowest BCUT2D eigenvalue weighted by Gasteiger charge is -2.34. The molecule has 17 heavy (non-hydrogen) atoms. The van der Waals surface area contributed by atoms with Gasteiger partial charge in [-0.1, -0.05) is 43.5 Å². The maximum Gasteiger partial charge on any atom is 0.0752 e. The normalized spacial score (nSPS) is 19.4. The van der Waals surface area contributed by atoms with Crippen molar-refractivity contribution in [1.29, 1.82) is 0 Å². The molecule has 1 heterocycles. The highest BCUT2D eigenvalue weighted by Crippen LogP contribution is 2.37. The summed E-state index contributed by atoms with van der Waals surface area (Å²) in [7, 11) is 0. The molecule has 0 radical (unpaired) electrons. The fourth-order valence-electron chi connectivity index (χ4n) is 2.96. The fourth-order valence-corrected chi connectivity index (χ4v) is 2.96. The number of nitrogens with two attached hydrogens (primary N) is 1. The average Bonchev–Trinajstić information content (AvgIpc) is 2.39. The van der Waals surface area contributed by atoms with Crippen molar-refractivity contribution in [1.82, 2.24) is 4.98 Å². The number of aromatic nitrogens is 1. The maximum absolute atomic E-state index is 6.61. The highest BCUT2D eigenvalue weighted by Gasteiger charge is 2.31. The van der Waals surface area contributed by atoms with Crippen LogP contribution in [0.2, 0.25) is 0 Å². The Labute approximate surface area is 102 Å². The molecular formula is C15H18N2. The molecule has 0 aliphatic heterocycles. The van der Waals surface area contributed by atoms with E-state index in [1.165, 1.54) is 30.2 Å². The molecular weight excluding hydrogens is 208 g/mol. The molecule has 1 saturated carbocycles. The van der Waals surface area contributed by atoms with Crippen LogP contribution in [-0.4, -0.2) is 4.98 Å². The third-order valence-electron chi connectivity index (χ3n) is 3.91. The van der Waals surface area contributed by atoms with Crippen LogP contribution in [0.3, 0.4) is 0 Å². The van der Waals surface area contributed by atoms with Crippen molar-refractivity contribution < 1.29 is 0 Å². The van der Waals surface area contributed by atoms with E-state index in [1.54, 1.807) is 0 Å². The van der Waals surface area contributed by atoms with Gasteiger partial charge in [0.1, 0.15) is 0 Å². The van der Waals surface area contributed by atoms with Crippen molar-refractivity contribution >= 4 is 10.9 Å². The van der Waals surface area contributed by atoms with Crippen molar-refractivity contribution in [2.24, 2.45) is 5.73 Å². The van der Waals surface area contributed by atoms with Crippen LogP contribution >= 0.6 is 0 Å². The Morgan fingerprint density at radius 1 is 1.00 bits per heavy atom. The van der Waals surface area contributed by atoms with Gasteiger partial charge in [0, 0.05) is 17.1 Å². The Balaban J connectivity index is 2.16. The van der Waals surface area contributed by atoms with Gasteiger partial charge in [-0.3, -0.25) is 4.98 Å². The quantitative estimate of drug-likeness (QED) is 0.809. The van der Waals surface area contributed by atoms with Crippen LogP contribution in [0.15, 0.2) is 36.5 Å². The second-order valence-corrected chi connectivity index (χ2v) is 5.10. The molecule has 0 atom stereocenters. The van der Waals surface area contributed by atoms with Gasteiger partial charge in [-0.05, 0) is 24.5 Å².